The molecule has 0 aromatic carbocycles. The van der Waals surface area contributed by atoms with Crippen LogP contribution in [0.15, 0.2) is 11.7 Å². The predicted molar refractivity (Wildman–Crippen MR) is 64.1 cm³/mol. The molecule has 2 heterocycles. The molecule has 1 fully saturated rings. The van der Waals surface area contributed by atoms with Crippen molar-refractivity contribution in [3.63, 3.8) is 0 Å². The predicted octanol–water partition coefficient (Wildman–Crippen LogP) is 1.72. The molecule has 0 saturated carbocycles. The Kier molecular flexibility index (Phi) is 4.11. The summed E-state index contributed by atoms with van der Waals surface area (Å²) in [6.07, 6.45) is 4.65. The van der Waals surface area contributed by atoms with Crippen molar-refractivity contribution in [2.75, 3.05) is 19.6 Å². The van der Waals surface area contributed by atoms with E-state index in [1.807, 2.05) is 11.7 Å². The number of nitrogens with one attached hydrogen (secondary N) is 1. The summed E-state index contributed by atoms with van der Waals surface area (Å²) in [6, 6.07) is 0.706. The fourth-order valence-electron chi connectivity index (χ4n) is 2.07. The van der Waals surface area contributed by atoms with E-state index >= 15 is 0 Å². The Bertz CT molecular complexity index is 267. The van der Waals surface area contributed by atoms with E-state index in [2.05, 4.69) is 22.1 Å². The van der Waals surface area contributed by atoms with E-state index in [0.29, 0.717) is 6.04 Å². The largest absolute Gasteiger partial charge is 0.313 e. The van der Waals surface area contributed by atoms with Crippen LogP contribution in [-0.4, -0.2) is 35.6 Å². The van der Waals surface area contributed by atoms with Crippen LogP contribution in [0.4, 0.5) is 0 Å². The summed E-state index contributed by atoms with van der Waals surface area (Å²) in [5, 5.41) is 3.55. The molecule has 1 aromatic heterocycles. The highest BCUT2D eigenvalue weighted by atomic mass is 32.1. The van der Waals surface area contributed by atoms with E-state index in [9.17, 15) is 0 Å². The van der Waals surface area contributed by atoms with E-state index in [4.69, 9.17) is 0 Å². The second-order valence-corrected chi connectivity index (χ2v) is 5.06. The highest BCUT2D eigenvalue weighted by Crippen LogP contribution is 2.12. The zero-order valence-electron chi connectivity index (χ0n) is 9.28. The summed E-state index contributed by atoms with van der Waals surface area (Å²) in [7, 11) is 0. The van der Waals surface area contributed by atoms with Crippen molar-refractivity contribution in [3.05, 3.63) is 16.6 Å². The Hall–Kier alpha value is -0.450. The lowest BCUT2D eigenvalue weighted by atomic mass is 10.2. The van der Waals surface area contributed by atoms with Gasteiger partial charge in [0, 0.05) is 30.2 Å². The van der Waals surface area contributed by atoms with Gasteiger partial charge in [0.15, 0.2) is 0 Å². The molecule has 1 saturated heterocycles. The number of rotatable bonds is 5. The van der Waals surface area contributed by atoms with Gasteiger partial charge in [-0.05, 0) is 25.9 Å². The maximum Gasteiger partial charge on any atom is 0.0794 e. The minimum absolute atomic E-state index is 0.706. The normalized spacial score (nSPS) is 21.3. The quantitative estimate of drug-likeness (QED) is 0.827. The first-order valence-electron chi connectivity index (χ1n) is 5.71. The van der Waals surface area contributed by atoms with Crippen LogP contribution in [0.25, 0.3) is 0 Å². The summed E-state index contributed by atoms with van der Waals surface area (Å²) in [4.78, 5) is 7.98. The molecule has 4 heteroatoms. The third-order valence-corrected chi connectivity index (χ3v) is 3.72. The van der Waals surface area contributed by atoms with Gasteiger partial charge in [0.1, 0.15) is 0 Å². The molecule has 1 atom stereocenters. The van der Waals surface area contributed by atoms with Gasteiger partial charge in [-0.3, -0.25) is 9.88 Å². The number of nitrogens with zero attached hydrogens (tertiary/aromatic N) is 2. The lowest BCUT2D eigenvalue weighted by Gasteiger charge is -2.23. The van der Waals surface area contributed by atoms with E-state index in [-0.39, 0.29) is 0 Å². The fourth-order valence-corrected chi connectivity index (χ4v) is 2.71. The molecule has 1 aliphatic rings. The zero-order valence-corrected chi connectivity index (χ0v) is 10.1. The second kappa shape index (κ2) is 5.58. The molecule has 1 N–H and O–H groups in total. The molecule has 15 heavy (non-hydrogen) atoms. The minimum atomic E-state index is 0.706. The van der Waals surface area contributed by atoms with Gasteiger partial charge in [-0.15, -0.1) is 11.3 Å². The van der Waals surface area contributed by atoms with Crippen LogP contribution in [0.2, 0.25) is 0 Å². The smallest absolute Gasteiger partial charge is 0.0794 e. The van der Waals surface area contributed by atoms with Gasteiger partial charge in [0.2, 0.25) is 0 Å². The second-order valence-electron chi connectivity index (χ2n) is 4.09. The van der Waals surface area contributed by atoms with Crippen LogP contribution in [0.1, 0.15) is 24.6 Å². The van der Waals surface area contributed by atoms with Crippen molar-refractivity contribution in [2.45, 2.75) is 32.4 Å². The number of aromatic nitrogens is 1. The fraction of sp³-hybridized carbons (Fsp3) is 0.727. The number of thiazole rings is 1. The molecule has 1 aromatic rings. The summed E-state index contributed by atoms with van der Waals surface area (Å²) in [5.41, 5.74) is 1.91. The lowest BCUT2D eigenvalue weighted by Crippen LogP contribution is -2.36. The van der Waals surface area contributed by atoms with Crippen molar-refractivity contribution in [1.29, 1.82) is 0 Å². The molecule has 84 valence electrons. The SMILES string of the molecule is CCN(Cc1cncs1)CC1CCCN1. The Morgan fingerprint density at radius 1 is 1.67 bits per heavy atom. The maximum absolute atomic E-state index is 4.12. The molecule has 0 radical (unpaired) electrons. The lowest BCUT2D eigenvalue weighted by molar-refractivity contribution is 0.255. The van der Waals surface area contributed by atoms with Crippen molar-refractivity contribution in [1.82, 2.24) is 15.2 Å². The molecule has 3 nitrogen and oxygen atoms in total. The van der Waals surface area contributed by atoms with Crippen molar-refractivity contribution in [2.24, 2.45) is 0 Å². The molecule has 2 rings (SSSR count). The summed E-state index contributed by atoms with van der Waals surface area (Å²) >= 11 is 1.75. The molecule has 0 spiro atoms. The Morgan fingerprint density at radius 3 is 3.20 bits per heavy atom. The van der Waals surface area contributed by atoms with Gasteiger partial charge in [-0.2, -0.15) is 0 Å². The first kappa shape index (κ1) is 11.0. The topological polar surface area (TPSA) is 28.2 Å². The third-order valence-electron chi connectivity index (χ3n) is 2.95. The van der Waals surface area contributed by atoms with Crippen LogP contribution in [0.3, 0.4) is 0 Å². The summed E-state index contributed by atoms with van der Waals surface area (Å²) in [6.45, 7) is 6.78. The average molecular weight is 225 g/mol. The highest BCUT2D eigenvalue weighted by molar-refractivity contribution is 7.09. The minimum Gasteiger partial charge on any atom is -0.313 e. The summed E-state index contributed by atoms with van der Waals surface area (Å²) in [5.74, 6) is 0. The highest BCUT2D eigenvalue weighted by Gasteiger charge is 2.17. The van der Waals surface area contributed by atoms with Crippen LogP contribution < -0.4 is 5.32 Å². The van der Waals surface area contributed by atoms with E-state index in [0.717, 1.165) is 13.1 Å². The van der Waals surface area contributed by atoms with Gasteiger partial charge in [-0.25, -0.2) is 0 Å². The van der Waals surface area contributed by atoms with Crippen LogP contribution in [0, 0.1) is 0 Å². The molecule has 0 bridgehead atoms. The third kappa shape index (κ3) is 3.26. The van der Waals surface area contributed by atoms with Crippen molar-refractivity contribution in [3.8, 4) is 0 Å². The Morgan fingerprint density at radius 2 is 2.60 bits per heavy atom. The molecule has 1 aliphatic heterocycles. The van der Waals surface area contributed by atoms with Crippen LogP contribution >= 0.6 is 11.3 Å². The number of hydrogen-bond donors (Lipinski definition) is 1. The van der Waals surface area contributed by atoms with Crippen LogP contribution in [-0.2, 0) is 6.54 Å². The maximum atomic E-state index is 4.12. The Labute approximate surface area is 95.5 Å². The molecular formula is C11H19N3S. The van der Waals surface area contributed by atoms with Crippen molar-refractivity contribution >= 4 is 11.3 Å². The Balaban J connectivity index is 1.81. The number of likely N-dealkylation sites (N-methyl/N-ethyl adjacent to an activating group) is 1. The molecular weight excluding hydrogens is 206 g/mol. The van der Waals surface area contributed by atoms with Gasteiger partial charge < -0.3 is 5.32 Å². The zero-order chi connectivity index (χ0) is 10.5. The first-order chi connectivity index (χ1) is 7.38. The number of hydrogen-bond acceptors (Lipinski definition) is 4. The first-order valence-corrected chi connectivity index (χ1v) is 6.59. The standard InChI is InChI=1S/C11H19N3S/c1-2-14(7-10-4-3-5-13-10)8-11-6-12-9-15-11/h6,9-10,13H,2-5,7-8H2,1H3. The monoisotopic (exact) mass is 225 g/mol. The molecule has 1 unspecified atom stereocenters. The van der Waals surface area contributed by atoms with E-state index < -0.39 is 0 Å². The van der Waals surface area contributed by atoms with E-state index in [1.54, 1.807) is 11.3 Å². The van der Waals surface area contributed by atoms with Crippen molar-refractivity contribution < 1.29 is 0 Å². The van der Waals surface area contributed by atoms with Gasteiger partial charge in [0.25, 0.3) is 0 Å². The van der Waals surface area contributed by atoms with Gasteiger partial charge in [0.05, 0.1) is 5.51 Å². The molecule has 0 amide bonds. The van der Waals surface area contributed by atoms with Gasteiger partial charge in [-0.1, -0.05) is 6.92 Å². The van der Waals surface area contributed by atoms with Crippen LogP contribution in [0.5, 0.6) is 0 Å². The van der Waals surface area contributed by atoms with Gasteiger partial charge >= 0.3 is 0 Å². The average Bonchev–Trinajstić information content (AvgIpc) is 2.89. The van der Waals surface area contributed by atoms with E-state index in [1.165, 1.54) is 30.8 Å². The summed E-state index contributed by atoms with van der Waals surface area (Å²) < 4.78 is 0. The molecule has 0 aliphatic carbocycles.